The van der Waals surface area contributed by atoms with Crippen LogP contribution in [-0.2, 0) is 0 Å². The number of fused-ring (bicyclic) bond motifs is 2. The summed E-state index contributed by atoms with van der Waals surface area (Å²) in [5, 5.41) is 3.61. The third kappa shape index (κ3) is 2.17. The molecule has 0 aliphatic carbocycles. The Morgan fingerprint density at radius 1 is 1.25 bits per heavy atom. The first-order chi connectivity index (χ1) is 7.61. The lowest BCUT2D eigenvalue weighted by Gasteiger charge is -2.37. The van der Waals surface area contributed by atoms with E-state index in [1.807, 2.05) is 25.9 Å². The number of carbonyl (C=O) groups excluding carboxylic acids is 1. The number of carbonyl (C=O) groups is 1. The summed E-state index contributed by atoms with van der Waals surface area (Å²) in [5.41, 5.74) is 0. The fraction of sp³-hybridized carbons (Fsp3) is 0.917. The Morgan fingerprint density at radius 2 is 1.81 bits per heavy atom. The van der Waals surface area contributed by atoms with E-state index in [4.69, 9.17) is 0 Å². The van der Waals surface area contributed by atoms with E-state index in [0.29, 0.717) is 18.1 Å². The molecule has 0 spiro atoms. The Labute approximate surface area is 98.0 Å². The molecule has 2 saturated heterocycles. The highest BCUT2D eigenvalue weighted by atomic mass is 16.2. The fourth-order valence-electron chi connectivity index (χ4n) is 2.90. The van der Waals surface area contributed by atoms with Crippen LogP contribution >= 0.6 is 0 Å². The molecule has 0 aromatic rings. The van der Waals surface area contributed by atoms with Crippen molar-refractivity contribution < 1.29 is 4.79 Å². The Bertz CT molecular complexity index is 257. The first-order valence-electron chi connectivity index (χ1n) is 6.35. The number of nitrogens with zero attached hydrogens (tertiary/aromatic N) is 2. The molecule has 4 heteroatoms. The Balaban J connectivity index is 1.94. The molecule has 2 fully saturated rings. The third-order valence-corrected chi connectivity index (χ3v) is 4.10. The van der Waals surface area contributed by atoms with E-state index in [2.05, 4.69) is 5.32 Å². The second-order valence-electron chi connectivity index (χ2n) is 5.17. The van der Waals surface area contributed by atoms with E-state index in [0.717, 1.165) is 19.4 Å². The number of rotatable bonds is 2. The van der Waals surface area contributed by atoms with Crippen molar-refractivity contribution in [2.45, 2.75) is 50.7 Å². The number of hydrogen-bond acceptors (Lipinski definition) is 2. The highest BCUT2D eigenvalue weighted by molar-refractivity contribution is 5.74. The van der Waals surface area contributed by atoms with E-state index in [9.17, 15) is 4.79 Å². The fourth-order valence-corrected chi connectivity index (χ4v) is 2.90. The van der Waals surface area contributed by atoms with E-state index in [-0.39, 0.29) is 6.03 Å². The van der Waals surface area contributed by atoms with Crippen LogP contribution in [0.4, 0.5) is 4.79 Å². The lowest BCUT2D eigenvalue weighted by Crippen LogP contribution is -2.51. The molecular formula is C12H23N3O. The topological polar surface area (TPSA) is 35.6 Å². The van der Waals surface area contributed by atoms with Crippen LogP contribution in [0.15, 0.2) is 0 Å². The second kappa shape index (κ2) is 4.62. The molecule has 0 radical (unpaired) electrons. The van der Waals surface area contributed by atoms with Gasteiger partial charge in [0.1, 0.15) is 0 Å². The molecule has 92 valence electrons. The molecule has 2 unspecified atom stereocenters. The first-order valence-corrected chi connectivity index (χ1v) is 6.35. The maximum absolute atomic E-state index is 12.0. The van der Waals surface area contributed by atoms with E-state index < -0.39 is 0 Å². The first kappa shape index (κ1) is 11.7. The monoisotopic (exact) mass is 225 g/mol. The molecule has 0 aromatic carbocycles. The molecule has 2 aliphatic rings. The van der Waals surface area contributed by atoms with Gasteiger partial charge >= 0.3 is 6.03 Å². The van der Waals surface area contributed by atoms with Gasteiger partial charge in [-0.2, -0.15) is 0 Å². The average Bonchev–Trinajstić information content (AvgIpc) is 2.65. The van der Waals surface area contributed by atoms with Crippen LogP contribution in [0.25, 0.3) is 0 Å². The van der Waals surface area contributed by atoms with Crippen LogP contribution in [0.2, 0.25) is 0 Å². The Kier molecular flexibility index (Phi) is 3.38. The normalized spacial score (nSPS) is 32.6. The van der Waals surface area contributed by atoms with Crippen molar-refractivity contribution in [1.29, 1.82) is 0 Å². The van der Waals surface area contributed by atoms with Gasteiger partial charge in [-0.15, -0.1) is 0 Å². The van der Waals surface area contributed by atoms with Gasteiger partial charge in [0, 0.05) is 38.8 Å². The van der Waals surface area contributed by atoms with Crippen LogP contribution in [0.1, 0.15) is 32.6 Å². The van der Waals surface area contributed by atoms with Crippen molar-refractivity contribution in [3.05, 3.63) is 0 Å². The summed E-state index contributed by atoms with van der Waals surface area (Å²) in [6.45, 7) is 2.79. The highest BCUT2D eigenvalue weighted by Crippen LogP contribution is 2.29. The lowest BCUT2D eigenvalue weighted by molar-refractivity contribution is 0.138. The molecule has 2 bridgehead atoms. The summed E-state index contributed by atoms with van der Waals surface area (Å²) >= 11 is 0. The molecule has 2 aliphatic heterocycles. The van der Waals surface area contributed by atoms with Gasteiger partial charge in [-0.3, -0.25) is 0 Å². The molecule has 0 aromatic heterocycles. The number of piperidine rings is 1. The SMILES string of the molecule is CCN(C)C(=O)N(C)C1CC2CCC(C1)N2. The summed E-state index contributed by atoms with van der Waals surface area (Å²) in [5.74, 6) is 0. The average molecular weight is 225 g/mol. The van der Waals surface area contributed by atoms with E-state index in [1.54, 1.807) is 4.90 Å². The predicted molar refractivity (Wildman–Crippen MR) is 64.4 cm³/mol. The van der Waals surface area contributed by atoms with E-state index >= 15 is 0 Å². The molecule has 16 heavy (non-hydrogen) atoms. The number of hydrogen-bond donors (Lipinski definition) is 1. The van der Waals surface area contributed by atoms with Crippen LogP contribution in [-0.4, -0.2) is 54.6 Å². The lowest BCUT2D eigenvalue weighted by atomic mass is 9.99. The molecule has 2 heterocycles. The van der Waals surface area contributed by atoms with Gasteiger partial charge in [0.05, 0.1) is 0 Å². The molecule has 2 atom stereocenters. The van der Waals surface area contributed by atoms with Gasteiger partial charge in [-0.25, -0.2) is 4.79 Å². The van der Waals surface area contributed by atoms with Gasteiger partial charge in [0.2, 0.25) is 0 Å². The number of urea groups is 1. The highest BCUT2D eigenvalue weighted by Gasteiger charge is 2.36. The minimum atomic E-state index is 0.161. The largest absolute Gasteiger partial charge is 0.328 e. The molecule has 2 amide bonds. The van der Waals surface area contributed by atoms with Crippen molar-refractivity contribution in [1.82, 2.24) is 15.1 Å². The van der Waals surface area contributed by atoms with Gasteiger partial charge in [0.25, 0.3) is 0 Å². The predicted octanol–water partition coefficient (Wildman–Crippen LogP) is 1.27. The third-order valence-electron chi connectivity index (χ3n) is 4.10. The molecule has 0 saturated carbocycles. The Morgan fingerprint density at radius 3 is 2.31 bits per heavy atom. The summed E-state index contributed by atoms with van der Waals surface area (Å²) in [4.78, 5) is 15.8. The summed E-state index contributed by atoms with van der Waals surface area (Å²) < 4.78 is 0. The van der Waals surface area contributed by atoms with Crippen molar-refractivity contribution in [2.75, 3.05) is 20.6 Å². The van der Waals surface area contributed by atoms with Gasteiger partial charge in [0.15, 0.2) is 0 Å². The van der Waals surface area contributed by atoms with Gasteiger partial charge in [-0.1, -0.05) is 0 Å². The van der Waals surface area contributed by atoms with Crippen molar-refractivity contribution in [2.24, 2.45) is 0 Å². The van der Waals surface area contributed by atoms with Crippen LogP contribution in [0.5, 0.6) is 0 Å². The summed E-state index contributed by atoms with van der Waals surface area (Å²) in [6.07, 6.45) is 4.81. The van der Waals surface area contributed by atoms with Crippen LogP contribution in [0.3, 0.4) is 0 Å². The minimum absolute atomic E-state index is 0.161. The van der Waals surface area contributed by atoms with Crippen molar-refractivity contribution >= 4 is 6.03 Å². The van der Waals surface area contributed by atoms with Gasteiger partial charge < -0.3 is 15.1 Å². The molecule has 2 rings (SSSR count). The Hall–Kier alpha value is -0.770. The number of amides is 2. The standard InChI is InChI=1S/C12H23N3O/c1-4-14(2)12(16)15(3)11-7-9-5-6-10(8-11)13-9/h9-11,13H,4-8H2,1-3H3. The maximum atomic E-state index is 12.0. The summed E-state index contributed by atoms with van der Waals surface area (Å²) in [7, 11) is 3.82. The molecule has 1 N–H and O–H groups in total. The minimum Gasteiger partial charge on any atom is -0.328 e. The number of nitrogens with one attached hydrogen (secondary N) is 1. The summed E-state index contributed by atoms with van der Waals surface area (Å²) in [6, 6.07) is 1.88. The zero-order chi connectivity index (χ0) is 11.7. The quantitative estimate of drug-likeness (QED) is 0.768. The smallest absolute Gasteiger partial charge is 0.319 e. The van der Waals surface area contributed by atoms with Crippen LogP contribution < -0.4 is 5.32 Å². The second-order valence-corrected chi connectivity index (χ2v) is 5.17. The van der Waals surface area contributed by atoms with Crippen LogP contribution in [0, 0.1) is 0 Å². The molecule has 4 nitrogen and oxygen atoms in total. The van der Waals surface area contributed by atoms with Crippen molar-refractivity contribution in [3.8, 4) is 0 Å². The zero-order valence-electron chi connectivity index (χ0n) is 10.6. The van der Waals surface area contributed by atoms with Gasteiger partial charge in [-0.05, 0) is 32.6 Å². The zero-order valence-corrected chi connectivity index (χ0v) is 10.6. The maximum Gasteiger partial charge on any atom is 0.319 e. The molecular weight excluding hydrogens is 202 g/mol. The van der Waals surface area contributed by atoms with Crippen molar-refractivity contribution in [3.63, 3.8) is 0 Å². The van der Waals surface area contributed by atoms with E-state index in [1.165, 1.54) is 12.8 Å².